The van der Waals surface area contributed by atoms with Gasteiger partial charge in [0.2, 0.25) is 0 Å². The molecule has 6 heteroatoms. The molecule has 0 bridgehead atoms. The molecule has 0 spiro atoms. The number of para-hydroxylation sites is 2. The minimum absolute atomic E-state index is 0. The number of nitro groups is 1. The molecule has 0 aromatic heterocycles. The maximum atomic E-state index is 10.7. The van der Waals surface area contributed by atoms with Crippen LogP contribution in [0, 0.1) is 16.0 Å². The third-order valence-electron chi connectivity index (χ3n) is 2.70. The molecule has 1 atom stereocenters. The lowest BCUT2D eigenvalue weighted by Crippen LogP contribution is -2.15. The standard InChI is InChI=1S/C11H14N2O3.ClH/c14-13(15)10-3-1-2-4-11(10)16-8-9-5-6-12-7-9;/h1-4,9,12H,5-8H2;1H. The van der Waals surface area contributed by atoms with Crippen LogP contribution in [0.25, 0.3) is 0 Å². The number of rotatable bonds is 4. The minimum atomic E-state index is -0.414. The second-order valence-electron chi connectivity index (χ2n) is 3.89. The van der Waals surface area contributed by atoms with Gasteiger partial charge in [-0.15, -0.1) is 12.4 Å². The Morgan fingerprint density at radius 1 is 1.47 bits per heavy atom. The van der Waals surface area contributed by atoms with Gasteiger partial charge >= 0.3 is 5.69 Å². The number of hydrogen-bond acceptors (Lipinski definition) is 4. The van der Waals surface area contributed by atoms with Gasteiger partial charge in [0.1, 0.15) is 0 Å². The van der Waals surface area contributed by atoms with Crippen molar-refractivity contribution in [1.29, 1.82) is 0 Å². The molecule has 0 aliphatic carbocycles. The number of halogens is 1. The van der Waals surface area contributed by atoms with Gasteiger partial charge < -0.3 is 10.1 Å². The van der Waals surface area contributed by atoms with E-state index in [4.69, 9.17) is 4.74 Å². The van der Waals surface area contributed by atoms with Crippen molar-refractivity contribution in [1.82, 2.24) is 5.32 Å². The topological polar surface area (TPSA) is 64.4 Å². The van der Waals surface area contributed by atoms with Crippen LogP contribution in [0.2, 0.25) is 0 Å². The average Bonchev–Trinajstić information content (AvgIpc) is 2.79. The van der Waals surface area contributed by atoms with Crippen molar-refractivity contribution < 1.29 is 9.66 Å². The molecule has 1 aromatic carbocycles. The van der Waals surface area contributed by atoms with Crippen LogP contribution < -0.4 is 10.1 Å². The summed E-state index contributed by atoms with van der Waals surface area (Å²) in [5, 5.41) is 14.0. The molecule has 1 heterocycles. The normalized spacial score (nSPS) is 18.5. The fraction of sp³-hybridized carbons (Fsp3) is 0.455. The van der Waals surface area contributed by atoms with Gasteiger partial charge in [0.05, 0.1) is 11.5 Å². The highest BCUT2D eigenvalue weighted by atomic mass is 35.5. The summed E-state index contributed by atoms with van der Waals surface area (Å²) in [6, 6.07) is 6.49. The molecule has 94 valence electrons. The van der Waals surface area contributed by atoms with Gasteiger partial charge in [-0.05, 0) is 19.0 Å². The lowest BCUT2D eigenvalue weighted by atomic mass is 10.1. The third kappa shape index (κ3) is 3.57. The van der Waals surface area contributed by atoms with Gasteiger partial charge in [0.25, 0.3) is 0 Å². The fourth-order valence-electron chi connectivity index (χ4n) is 1.79. The van der Waals surface area contributed by atoms with E-state index in [2.05, 4.69) is 5.32 Å². The molecular formula is C11H15ClN2O3. The van der Waals surface area contributed by atoms with Crippen molar-refractivity contribution in [3.05, 3.63) is 34.4 Å². The van der Waals surface area contributed by atoms with Crippen molar-refractivity contribution in [2.75, 3.05) is 19.7 Å². The van der Waals surface area contributed by atoms with Crippen LogP contribution in [-0.4, -0.2) is 24.6 Å². The second-order valence-corrected chi connectivity index (χ2v) is 3.89. The SMILES string of the molecule is Cl.O=[N+]([O-])c1ccccc1OCC1CCNC1. The summed E-state index contributed by atoms with van der Waals surface area (Å²) >= 11 is 0. The molecule has 1 aromatic rings. The van der Waals surface area contributed by atoms with Crippen LogP contribution >= 0.6 is 12.4 Å². The smallest absolute Gasteiger partial charge is 0.310 e. The van der Waals surface area contributed by atoms with Crippen LogP contribution in [0.1, 0.15) is 6.42 Å². The van der Waals surface area contributed by atoms with Crippen LogP contribution in [0.15, 0.2) is 24.3 Å². The van der Waals surface area contributed by atoms with Gasteiger partial charge in [0, 0.05) is 18.5 Å². The average molecular weight is 259 g/mol. The Morgan fingerprint density at radius 3 is 2.88 bits per heavy atom. The Balaban J connectivity index is 0.00000144. The summed E-state index contributed by atoms with van der Waals surface area (Å²) in [7, 11) is 0. The molecule has 0 amide bonds. The molecular weight excluding hydrogens is 244 g/mol. The van der Waals surface area contributed by atoms with Gasteiger partial charge in [-0.1, -0.05) is 12.1 Å². The number of hydrogen-bond donors (Lipinski definition) is 1. The third-order valence-corrected chi connectivity index (χ3v) is 2.70. The second kappa shape index (κ2) is 6.42. The van der Waals surface area contributed by atoms with E-state index in [0.29, 0.717) is 18.3 Å². The van der Waals surface area contributed by atoms with Crippen LogP contribution in [0.4, 0.5) is 5.69 Å². The molecule has 17 heavy (non-hydrogen) atoms. The molecule has 1 saturated heterocycles. The van der Waals surface area contributed by atoms with E-state index < -0.39 is 4.92 Å². The van der Waals surface area contributed by atoms with Gasteiger partial charge in [-0.2, -0.15) is 0 Å². The first-order valence-corrected chi connectivity index (χ1v) is 5.34. The first-order valence-electron chi connectivity index (χ1n) is 5.34. The quantitative estimate of drug-likeness (QED) is 0.663. The molecule has 1 fully saturated rings. The Bertz CT molecular complexity index is 381. The van der Waals surface area contributed by atoms with Gasteiger partial charge in [0.15, 0.2) is 5.75 Å². The summed E-state index contributed by atoms with van der Waals surface area (Å²) in [6.07, 6.45) is 1.07. The number of ether oxygens (including phenoxy) is 1. The lowest BCUT2D eigenvalue weighted by Gasteiger charge is -2.10. The van der Waals surface area contributed by atoms with Gasteiger partial charge in [-0.3, -0.25) is 10.1 Å². The molecule has 0 radical (unpaired) electrons. The van der Waals surface area contributed by atoms with Crippen LogP contribution in [0.3, 0.4) is 0 Å². The van der Waals surface area contributed by atoms with Crippen LogP contribution in [0.5, 0.6) is 5.75 Å². The predicted molar refractivity (Wildman–Crippen MR) is 66.8 cm³/mol. The largest absolute Gasteiger partial charge is 0.486 e. The molecule has 5 nitrogen and oxygen atoms in total. The summed E-state index contributed by atoms with van der Waals surface area (Å²) in [5.74, 6) is 0.819. The van der Waals surface area contributed by atoms with Gasteiger partial charge in [-0.25, -0.2) is 0 Å². The van der Waals surface area contributed by atoms with Crippen molar-refractivity contribution in [3.8, 4) is 5.75 Å². The lowest BCUT2D eigenvalue weighted by molar-refractivity contribution is -0.385. The van der Waals surface area contributed by atoms with E-state index in [1.165, 1.54) is 6.07 Å². The maximum Gasteiger partial charge on any atom is 0.310 e. The molecule has 1 aliphatic rings. The van der Waals surface area contributed by atoms with E-state index in [1.807, 2.05) is 0 Å². The molecule has 1 aliphatic heterocycles. The monoisotopic (exact) mass is 258 g/mol. The molecule has 0 saturated carbocycles. The van der Waals surface area contributed by atoms with E-state index in [-0.39, 0.29) is 18.1 Å². The fourth-order valence-corrected chi connectivity index (χ4v) is 1.79. The van der Waals surface area contributed by atoms with Crippen molar-refractivity contribution >= 4 is 18.1 Å². The van der Waals surface area contributed by atoms with Crippen molar-refractivity contribution in [2.24, 2.45) is 5.92 Å². The number of benzene rings is 1. The minimum Gasteiger partial charge on any atom is -0.486 e. The maximum absolute atomic E-state index is 10.7. The van der Waals surface area contributed by atoms with Crippen molar-refractivity contribution in [3.63, 3.8) is 0 Å². The zero-order valence-electron chi connectivity index (χ0n) is 9.30. The highest BCUT2D eigenvalue weighted by molar-refractivity contribution is 5.85. The Labute approximate surface area is 106 Å². The predicted octanol–water partition coefficient (Wildman–Crippen LogP) is 2.00. The van der Waals surface area contributed by atoms with E-state index in [0.717, 1.165) is 19.5 Å². The van der Waals surface area contributed by atoms with E-state index >= 15 is 0 Å². The summed E-state index contributed by atoms with van der Waals surface area (Å²) in [5.41, 5.74) is 0.0356. The summed E-state index contributed by atoms with van der Waals surface area (Å²) in [4.78, 5) is 10.3. The van der Waals surface area contributed by atoms with Crippen LogP contribution in [-0.2, 0) is 0 Å². The highest BCUT2D eigenvalue weighted by Crippen LogP contribution is 2.26. The van der Waals surface area contributed by atoms with Crippen molar-refractivity contribution in [2.45, 2.75) is 6.42 Å². The Hall–Kier alpha value is -1.33. The first-order chi connectivity index (χ1) is 7.77. The summed E-state index contributed by atoms with van der Waals surface area (Å²) < 4.78 is 5.50. The Morgan fingerprint density at radius 2 is 2.24 bits per heavy atom. The molecule has 1 unspecified atom stereocenters. The number of nitrogens with one attached hydrogen (secondary N) is 1. The molecule has 1 N–H and O–H groups in total. The first kappa shape index (κ1) is 13.7. The zero-order chi connectivity index (χ0) is 11.4. The highest BCUT2D eigenvalue weighted by Gasteiger charge is 2.18. The summed E-state index contributed by atoms with van der Waals surface area (Å²) in [6.45, 7) is 2.48. The number of nitrogens with zero attached hydrogens (tertiary/aromatic N) is 1. The van der Waals surface area contributed by atoms with E-state index in [9.17, 15) is 10.1 Å². The number of nitro benzene ring substituents is 1. The molecule has 2 rings (SSSR count). The zero-order valence-corrected chi connectivity index (χ0v) is 10.1. The van der Waals surface area contributed by atoms with E-state index in [1.54, 1.807) is 18.2 Å². The Kier molecular flexibility index (Phi) is 5.18.